The normalized spacial score (nSPS) is 17.7. The molecule has 166 valence electrons. The van der Waals surface area contributed by atoms with E-state index in [2.05, 4.69) is 26.8 Å². The molecule has 0 saturated heterocycles. The van der Waals surface area contributed by atoms with Crippen molar-refractivity contribution in [2.75, 3.05) is 6.61 Å². The third-order valence-corrected chi connectivity index (χ3v) is 6.37. The Bertz CT molecular complexity index is 781. The standard InChI is InChI=1S/C25H37NO4/c1-18-19(2)24-21(20(3)23(18)29-17-13-22(27)28)12-15-25(4,30-24)14-10-8-6-5-7-9-11-16-26/h5-15,17H2,1-4H3,(H,27,28). The van der Waals surface area contributed by atoms with Gasteiger partial charge in [-0.05, 0) is 76.5 Å². The van der Waals surface area contributed by atoms with Gasteiger partial charge in [0.25, 0.3) is 0 Å². The molecule has 1 aromatic carbocycles. The molecule has 0 aromatic heterocycles. The molecule has 2 rings (SSSR count). The summed E-state index contributed by atoms with van der Waals surface area (Å²) in [7, 11) is 0. The van der Waals surface area contributed by atoms with Crippen LogP contribution in [0, 0.1) is 32.1 Å². The highest BCUT2D eigenvalue weighted by Crippen LogP contribution is 2.44. The molecule has 0 bridgehead atoms. The number of hydrogen-bond acceptors (Lipinski definition) is 4. The van der Waals surface area contributed by atoms with Crippen molar-refractivity contribution in [1.29, 1.82) is 5.26 Å². The van der Waals surface area contributed by atoms with Crippen LogP contribution in [0.1, 0.15) is 93.4 Å². The summed E-state index contributed by atoms with van der Waals surface area (Å²) in [6.45, 7) is 8.57. The van der Waals surface area contributed by atoms with E-state index in [4.69, 9.17) is 19.8 Å². The summed E-state index contributed by atoms with van der Waals surface area (Å²) in [5.74, 6) is 0.971. The van der Waals surface area contributed by atoms with E-state index in [1.807, 2.05) is 6.92 Å². The largest absolute Gasteiger partial charge is 0.492 e. The molecule has 0 radical (unpaired) electrons. The van der Waals surface area contributed by atoms with Crippen molar-refractivity contribution in [3.8, 4) is 17.6 Å². The van der Waals surface area contributed by atoms with Crippen LogP contribution < -0.4 is 9.47 Å². The van der Waals surface area contributed by atoms with E-state index in [0.29, 0.717) is 6.42 Å². The maximum absolute atomic E-state index is 10.8. The van der Waals surface area contributed by atoms with Gasteiger partial charge in [-0.25, -0.2) is 0 Å². The molecule has 1 atom stereocenters. The predicted octanol–water partition coefficient (Wildman–Crippen LogP) is 6.19. The second-order valence-electron chi connectivity index (χ2n) is 8.84. The van der Waals surface area contributed by atoms with Crippen molar-refractivity contribution in [3.05, 3.63) is 22.3 Å². The smallest absolute Gasteiger partial charge is 0.306 e. The minimum absolute atomic E-state index is 0.00189. The molecule has 0 fully saturated rings. The van der Waals surface area contributed by atoms with Crippen molar-refractivity contribution in [2.24, 2.45) is 0 Å². The van der Waals surface area contributed by atoms with E-state index in [9.17, 15) is 4.79 Å². The second kappa shape index (κ2) is 11.2. The summed E-state index contributed by atoms with van der Waals surface area (Å²) in [5.41, 5.74) is 4.29. The van der Waals surface area contributed by atoms with Crippen LogP contribution in [0.5, 0.6) is 11.5 Å². The summed E-state index contributed by atoms with van der Waals surface area (Å²) in [6.07, 6.45) is 10.7. The molecule has 0 amide bonds. The van der Waals surface area contributed by atoms with Gasteiger partial charge in [-0.3, -0.25) is 4.79 Å². The van der Waals surface area contributed by atoms with Crippen molar-refractivity contribution in [3.63, 3.8) is 0 Å². The number of nitrogens with zero attached hydrogens (tertiary/aromatic N) is 1. The van der Waals surface area contributed by atoms with E-state index in [1.54, 1.807) is 0 Å². The fourth-order valence-electron chi connectivity index (χ4n) is 4.32. The number of aliphatic carboxylic acids is 1. The van der Waals surface area contributed by atoms with Crippen molar-refractivity contribution >= 4 is 5.97 Å². The fourth-order valence-corrected chi connectivity index (χ4v) is 4.32. The summed E-state index contributed by atoms with van der Waals surface area (Å²) < 4.78 is 12.4. The third-order valence-electron chi connectivity index (χ3n) is 6.37. The predicted molar refractivity (Wildman–Crippen MR) is 118 cm³/mol. The quantitative estimate of drug-likeness (QED) is 0.412. The van der Waals surface area contributed by atoms with E-state index in [-0.39, 0.29) is 18.6 Å². The highest BCUT2D eigenvalue weighted by molar-refractivity contribution is 5.67. The molecule has 1 unspecified atom stereocenters. The van der Waals surface area contributed by atoms with Gasteiger partial charge in [-0.2, -0.15) is 5.26 Å². The molecule has 1 aliphatic heterocycles. The number of ether oxygens (including phenoxy) is 2. The van der Waals surface area contributed by atoms with Crippen LogP contribution in [0.4, 0.5) is 0 Å². The Morgan fingerprint density at radius 3 is 2.43 bits per heavy atom. The molecule has 1 heterocycles. The number of carboxylic acids is 1. The van der Waals surface area contributed by atoms with Gasteiger partial charge in [0.05, 0.1) is 19.1 Å². The van der Waals surface area contributed by atoms with E-state index in [0.717, 1.165) is 66.7 Å². The van der Waals surface area contributed by atoms with Gasteiger partial charge >= 0.3 is 5.97 Å². The van der Waals surface area contributed by atoms with Gasteiger partial charge in [0, 0.05) is 12.0 Å². The molecular weight excluding hydrogens is 378 g/mol. The highest BCUT2D eigenvalue weighted by atomic mass is 16.5. The first-order valence-corrected chi connectivity index (χ1v) is 11.3. The van der Waals surface area contributed by atoms with Gasteiger partial charge in [0.15, 0.2) is 0 Å². The molecule has 1 aromatic rings. The lowest BCUT2D eigenvalue weighted by Crippen LogP contribution is -2.37. The van der Waals surface area contributed by atoms with Crippen molar-refractivity contribution < 1.29 is 19.4 Å². The molecule has 30 heavy (non-hydrogen) atoms. The number of rotatable bonds is 12. The van der Waals surface area contributed by atoms with Gasteiger partial charge in [-0.15, -0.1) is 0 Å². The molecule has 5 nitrogen and oxygen atoms in total. The van der Waals surface area contributed by atoms with Gasteiger partial charge in [0.1, 0.15) is 17.1 Å². The van der Waals surface area contributed by atoms with Crippen LogP contribution in [0.2, 0.25) is 0 Å². The second-order valence-corrected chi connectivity index (χ2v) is 8.84. The molecular formula is C25H37NO4. The highest BCUT2D eigenvalue weighted by Gasteiger charge is 2.34. The number of fused-ring (bicyclic) bond motifs is 1. The zero-order valence-electron chi connectivity index (χ0n) is 19.1. The van der Waals surface area contributed by atoms with Crippen LogP contribution in [0.25, 0.3) is 0 Å². The number of unbranched alkanes of at least 4 members (excludes halogenated alkanes) is 6. The van der Waals surface area contributed by atoms with Gasteiger partial charge in [0.2, 0.25) is 0 Å². The first-order chi connectivity index (χ1) is 14.3. The zero-order chi connectivity index (χ0) is 22.1. The summed E-state index contributed by atoms with van der Waals surface area (Å²) in [5, 5.41) is 17.5. The number of nitriles is 1. The van der Waals surface area contributed by atoms with Crippen LogP contribution in [0.3, 0.4) is 0 Å². The Kier molecular flexibility index (Phi) is 9.02. The lowest BCUT2D eigenvalue weighted by Gasteiger charge is -2.38. The van der Waals surface area contributed by atoms with Crippen molar-refractivity contribution in [1.82, 2.24) is 0 Å². The first-order valence-electron chi connectivity index (χ1n) is 11.3. The fraction of sp³-hybridized carbons (Fsp3) is 0.680. The number of carboxylic acid groups (broad SMARTS) is 1. The maximum atomic E-state index is 10.8. The van der Waals surface area contributed by atoms with E-state index in [1.165, 1.54) is 24.8 Å². The SMILES string of the molecule is Cc1c(C)c2c(c(C)c1OCCC(=O)O)CCC(C)(CCCCCCCCC#N)O2. The number of benzene rings is 1. The van der Waals surface area contributed by atoms with Crippen molar-refractivity contribution in [2.45, 2.75) is 104 Å². The Morgan fingerprint density at radius 1 is 1.10 bits per heavy atom. The lowest BCUT2D eigenvalue weighted by atomic mass is 9.84. The molecule has 0 spiro atoms. The average molecular weight is 416 g/mol. The molecule has 5 heteroatoms. The van der Waals surface area contributed by atoms with Crippen LogP contribution >= 0.6 is 0 Å². The number of carbonyl (C=O) groups is 1. The van der Waals surface area contributed by atoms with Crippen LogP contribution in [-0.2, 0) is 11.2 Å². The monoisotopic (exact) mass is 415 g/mol. The molecule has 0 aliphatic carbocycles. The average Bonchev–Trinajstić information content (AvgIpc) is 2.70. The maximum Gasteiger partial charge on any atom is 0.306 e. The first kappa shape index (κ1) is 24.1. The number of hydrogen-bond donors (Lipinski definition) is 1. The minimum atomic E-state index is -0.846. The molecule has 1 N–H and O–H groups in total. The topological polar surface area (TPSA) is 79.5 Å². The van der Waals surface area contributed by atoms with E-state index >= 15 is 0 Å². The van der Waals surface area contributed by atoms with E-state index < -0.39 is 5.97 Å². The lowest BCUT2D eigenvalue weighted by molar-refractivity contribution is -0.137. The summed E-state index contributed by atoms with van der Waals surface area (Å²) in [4.78, 5) is 10.8. The van der Waals surface area contributed by atoms with Crippen LogP contribution in [0.15, 0.2) is 0 Å². The Labute approximate surface area is 181 Å². The Morgan fingerprint density at radius 2 is 1.77 bits per heavy atom. The van der Waals surface area contributed by atoms with Crippen LogP contribution in [-0.4, -0.2) is 23.3 Å². The van der Waals surface area contributed by atoms with Gasteiger partial charge in [-0.1, -0.05) is 25.7 Å². The minimum Gasteiger partial charge on any atom is -0.492 e. The van der Waals surface area contributed by atoms with Gasteiger partial charge < -0.3 is 14.6 Å². The third kappa shape index (κ3) is 6.39. The molecule has 1 aliphatic rings. The Hall–Kier alpha value is -2.22. The zero-order valence-corrected chi connectivity index (χ0v) is 19.1. The Balaban J connectivity index is 1.96. The summed E-state index contributed by atoms with van der Waals surface area (Å²) in [6, 6.07) is 2.21. The molecule has 0 saturated carbocycles. The summed E-state index contributed by atoms with van der Waals surface area (Å²) >= 11 is 0.